The molecule has 314 valence electrons. The van der Waals surface area contributed by atoms with Crippen molar-refractivity contribution >= 4 is 58.3 Å². The molecule has 13 nitrogen and oxygen atoms in total. The molecule has 2 bridgehead atoms. The molecule has 5 amide bonds. The summed E-state index contributed by atoms with van der Waals surface area (Å²) < 4.78 is 0. The molecule has 3 heterocycles. The van der Waals surface area contributed by atoms with E-state index in [1.807, 2.05) is 66.0 Å². The number of Topliss-reactive ketones (excluding diaryl/α,β-unsaturated/α-hetero) is 1. The van der Waals surface area contributed by atoms with Crippen LogP contribution in [-0.2, 0) is 59.2 Å². The Hall–Kier alpha value is -6.93. The summed E-state index contributed by atoms with van der Waals surface area (Å²) in [5, 5.41) is 25.7. The van der Waals surface area contributed by atoms with Crippen LogP contribution in [0.4, 0.5) is 5.69 Å². The van der Waals surface area contributed by atoms with Crippen molar-refractivity contribution < 1.29 is 38.7 Å². The SMILES string of the molecule is CC(=O)N[C@H]1CC(=O)N[C@H](Cc2cccs2)C(=O)N[C@@H](Cc2ccc(-c3ccccc3)cc2)C(=O)N[C@H](Cc2ccccc2)C(=O)C[C@H](C(=O)O)Cc2ccc(cc2)NC1=O. The zero-order valence-electron chi connectivity index (χ0n) is 33.5. The lowest BCUT2D eigenvalue weighted by Gasteiger charge is -2.26. The number of amides is 5. The van der Waals surface area contributed by atoms with E-state index >= 15 is 0 Å². The minimum atomic E-state index is -1.32. The molecule has 5 aromatic rings. The van der Waals surface area contributed by atoms with E-state index in [0.717, 1.165) is 21.6 Å². The molecule has 4 aromatic carbocycles. The van der Waals surface area contributed by atoms with Crippen LogP contribution in [0.1, 0.15) is 41.3 Å². The van der Waals surface area contributed by atoms with Gasteiger partial charge in [-0.15, -0.1) is 11.3 Å². The van der Waals surface area contributed by atoms with Crippen molar-refractivity contribution in [3.8, 4) is 11.1 Å². The molecule has 0 saturated heterocycles. The standard InChI is InChI=1S/C47H47N5O8S/c1-29(53)48-41-28-43(55)50-40(27-37-13-8-22-61-37)46(58)52-39(25-32-14-18-34(19-15-32)33-11-6-3-7-12-33)45(57)51-38(24-30-9-4-2-5-10-30)42(54)26-35(47(59)60)23-31-16-20-36(21-17-31)49-44(41)56/h2-22,35,38-41H,23-28H2,1H3,(H,48,53)(H,49,56)(H,50,55)(H,51,57)(H,52,58)(H,59,60)/t35-,38-,39+,40-,41+/m1/s1. The van der Waals surface area contributed by atoms with Crippen molar-refractivity contribution in [1.29, 1.82) is 0 Å². The largest absolute Gasteiger partial charge is 0.481 e. The number of anilines is 1. The molecule has 0 saturated carbocycles. The van der Waals surface area contributed by atoms with Crippen molar-refractivity contribution in [1.82, 2.24) is 21.3 Å². The third-order valence-corrected chi connectivity index (χ3v) is 11.2. The number of carboxylic acids is 1. The summed E-state index contributed by atoms with van der Waals surface area (Å²) in [5.74, 6) is -6.23. The monoisotopic (exact) mass is 841 g/mol. The topological polar surface area (TPSA) is 200 Å². The molecule has 0 unspecified atom stereocenters. The number of nitrogens with one attached hydrogen (secondary N) is 5. The lowest BCUT2D eigenvalue weighted by molar-refractivity contribution is -0.144. The van der Waals surface area contributed by atoms with Crippen LogP contribution in [0.3, 0.4) is 0 Å². The van der Waals surface area contributed by atoms with E-state index in [4.69, 9.17) is 0 Å². The molecule has 6 N–H and O–H groups in total. The Morgan fingerprint density at radius 3 is 1.84 bits per heavy atom. The maximum atomic E-state index is 14.5. The van der Waals surface area contributed by atoms with Gasteiger partial charge in [0.25, 0.3) is 0 Å². The fourth-order valence-corrected chi connectivity index (χ4v) is 7.90. The lowest BCUT2D eigenvalue weighted by Crippen LogP contribution is -2.57. The number of hydrogen-bond acceptors (Lipinski definition) is 8. The average Bonchev–Trinajstić information content (AvgIpc) is 3.76. The second kappa shape index (κ2) is 20.9. The third-order valence-electron chi connectivity index (χ3n) is 10.3. The molecule has 7 rings (SSSR count). The van der Waals surface area contributed by atoms with Crippen molar-refractivity contribution in [3.05, 3.63) is 148 Å². The molecule has 5 atom stereocenters. The third kappa shape index (κ3) is 12.8. The average molecular weight is 842 g/mol. The van der Waals surface area contributed by atoms with Gasteiger partial charge in [0.05, 0.1) is 18.4 Å². The van der Waals surface area contributed by atoms with Crippen LogP contribution in [0.25, 0.3) is 11.1 Å². The van der Waals surface area contributed by atoms with Gasteiger partial charge >= 0.3 is 5.97 Å². The molecule has 2 aliphatic rings. The molecule has 1 aromatic heterocycles. The second-order valence-electron chi connectivity index (χ2n) is 15.0. The van der Waals surface area contributed by atoms with Crippen molar-refractivity contribution in [3.63, 3.8) is 0 Å². The molecule has 0 radical (unpaired) electrons. The Morgan fingerprint density at radius 2 is 1.21 bits per heavy atom. The Morgan fingerprint density at radius 1 is 0.623 bits per heavy atom. The number of thiophene rings is 1. The summed E-state index contributed by atoms with van der Waals surface area (Å²) in [6.45, 7) is 1.21. The van der Waals surface area contributed by atoms with Crippen LogP contribution in [-0.4, -0.2) is 70.6 Å². The fourth-order valence-electron chi connectivity index (χ4n) is 7.15. The second-order valence-corrected chi connectivity index (χ2v) is 16.1. The van der Waals surface area contributed by atoms with Crippen LogP contribution in [0.15, 0.2) is 127 Å². The van der Waals surface area contributed by atoms with Crippen molar-refractivity contribution in [2.45, 2.75) is 69.6 Å². The van der Waals surface area contributed by atoms with Crippen molar-refractivity contribution in [2.75, 3.05) is 5.32 Å². The number of rotatable bonds is 9. The van der Waals surface area contributed by atoms with Crippen LogP contribution >= 0.6 is 11.3 Å². The summed E-state index contributed by atoms with van der Waals surface area (Å²) in [6, 6.07) is 31.2. The normalized spacial score (nSPS) is 20.6. The smallest absolute Gasteiger partial charge is 0.307 e. The summed E-state index contributed by atoms with van der Waals surface area (Å²) in [5.41, 5.74) is 4.23. The zero-order chi connectivity index (χ0) is 43.3. The predicted octanol–water partition coefficient (Wildman–Crippen LogP) is 4.65. The molecule has 14 heteroatoms. The Kier molecular flexibility index (Phi) is 14.9. The van der Waals surface area contributed by atoms with Crippen LogP contribution in [0, 0.1) is 5.92 Å². The number of carbonyl (C=O) groups excluding carboxylic acids is 6. The Labute approximate surface area is 357 Å². The number of fused-ring (bicyclic) bond motifs is 18. The molecule has 2 aliphatic heterocycles. The van der Waals surface area contributed by atoms with E-state index in [1.165, 1.54) is 18.3 Å². The predicted molar refractivity (Wildman–Crippen MR) is 231 cm³/mol. The highest BCUT2D eigenvalue weighted by molar-refractivity contribution is 7.09. The first-order valence-corrected chi connectivity index (χ1v) is 20.8. The minimum absolute atomic E-state index is 0.00307. The molecular weight excluding hydrogens is 795 g/mol. The molecule has 0 spiro atoms. The van der Waals surface area contributed by atoms with E-state index < -0.39 is 84.2 Å². The quantitative estimate of drug-likeness (QED) is 0.115. The lowest BCUT2D eigenvalue weighted by atomic mass is 9.90. The fraction of sp³-hybridized carbons (Fsp3) is 0.255. The van der Waals surface area contributed by atoms with Gasteiger partial charge in [0.15, 0.2) is 5.78 Å². The molecule has 0 fully saturated rings. The van der Waals surface area contributed by atoms with Gasteiger partial charge in [0.1, 0.15) is 18.1 Å². The number of benzene rings is 4. The summed E-state index contributed by atoms with van der Waals surface area (Å²) >= 11 is 1.36. The van der Waals surface area contributed by atoms with Crippen molar-refractivity contribution in [2.24, 2.45) is 5.92 Å². The molecule has 61 heavy (non-hydrogen) atoms. The summed E-state index contributed by atoms with van der Waals surface area (Å²) in [4.78, 5) is 95.7. The maximum absolute atomic E-state index is 14.5. The van der Waals surface area contributed by atoms with E-state index in [0.29, 0.717) is 16.8 Å². The number of carbonyl (C=O) groups is 7. The van der Waals surface area contributed by atoms with Gasteiger partial charge in [-0.3, -0.25) is 33.6 Å². The number of aliphatic carboxylic acids is 1. The minimum Gasteiger partial charge on any atom is -0.481 e. The maximum Gasteiger partial charge on any atom is 0.307 e. The van der Waals surface area contributed by atoms with Gasteiger partial charge in [-0.05, 0) is 64.2 Å². The van der Waals surface area contributed by atoms with Crippen LogP contribution in [0.2, 0.25) is 0 Å². The number of ketones is 1. The van der Waals surface area contributed by atoms with Crippen LogP contribution < -0.4 is 26.6 Å². The first kappa shape index (κ1) is 43.6. The van der Waals surface area contributed by atoms with E-state index in [9.17, 15) is 38.7 Å². The summed E-state index contributed by atoms with van der Waals surface area (Å²) in [6.07, 6.45) is -0.846. The molecule has 0 aliphatic carbocycles. The zero-order valence-corrected chi connectivity index (χ0v) is 34.3. The first-order valence-electron chi connectivity index (χ1n) is 19.9. The number of carboxylic acid groups (broad SMARTS) is 1. The molecular formula is C47H47N5O8S. The van der Waals surface area contributed by atoms with Gasteiger partial charge in [0.2, 0.25) is 29.5 Å². The van der Waals surface area contributed by atoms with Gasteiger partial charge in [-0.1, -0.05) is 103 Å². The first-order chi connectivity index (χ1) is 29.4. The van der Waals surface area contributed by atoms with E-state index in [1.54, 1.807) is 60.7 Å². The number of hydrogen-bond donors (Lipinski definition) is 6. The highest BCUT2D eigenvalue weighted by Crippen LogP contribution is 2.22. The van der Waals surface area contributed by atoms with E-state index in [-0.39, 0.29) is 25.7 Å². The highest BCUT2D eigenvalue weighted by Gasteiger charge is 2.33. The van der Waals surface area contributed by atoms with Gasteiger partial charge in [0, 0.05) is 36.8 Å². The van der Waals surface area contributed by atoms with Gasteiger partial charge in [-0.2, -0.15) is 0 Å². The Balaban J connectivity index is 1.37. The summed E-state index contributed by atoms with van der Waals surface area (Å²) in [7, 11) is 0. The Bertz CT molecular complexity index is 2320. The highest BCUT2D eigenvalue weighted by atomic mass is 32.1. The van der Waals surface area contributed by atoms with Gasteiger partial charge in [-0.25, -0.2) is 0 Å². The van der Waals surface area contributed by atoms with Gasteiger partial charge < -0.3 is 31.7 Å². The van der Waals surface area contributed by atoms with Crippen LogP contribution in [0.5, 0.6) is 0 Å². The van der Waals surface area contributed by atoms with E-state index in [2.05, 4.69) is 26.6 Å².